The van der Waals surface area contributed by atoms with Gasteiger partial charge in [-0.25, -0.2) is 0 Å². The molecular formula is C3H7N2P. The Morgan fingerprint density at radius 3 is 2.50 bits per heavy atom. The van der Waals surface area contributed by atoms with Crippen molar-refractivity contribution in [2.45, 2.75) is 6.92 Å². The Bertz CT molecular complexity index is 76.9. The van der Waals surface area contributed by atoms with Crippen LogP contribution in [0.5, 0.6) is 0 Å². The van der Waals surface area contributed by atoms with E-state index in [9.17, 15) is 0 Å². The summed E-state index contributed by atoms with van der Waals surface area (Å²) < 4.78 is 3.50. The van der Waals surface area contributed by atoms with Gasteiger partial charge in [0.05, 0.1) is 0 Å². The van der Waals surface area contributed by atoms with Crippen molar-refractivity contribution in [1.29, 1.82) is 5.41 Å². The third-order valence-electron chi connectivity index (χ3n) is 0.268. The summed E-state index contributed by atoms with van der Waals surface area (Å²) in [6.45, 7) is 1.67. The molecule has 0 saturated carbocycles. The van der Waals surface area contributed by atoms with Crippen molar-refractivity contribution in [2.75, 3.05) is 0 Å². The Kier molecular flexibility index (Phi) is 2.87. The Balaban J connectivity index is 3.30. The van der Waals surface area contributed by atoms with Crippen LogP contribution in [0.15, 0.2) is 4.76 Å². The molecule has 0 aliphatic heterocycles. The lowest BCUT2D eigenvalue weighted by atomic mass is 10.5. The van der Waals surface area contributed by atoms with E-state index >= 15 is 0 Å². The summed E-state index contributed by atoms with van der Waals surface area (Å²) in [5.74, 6) is 0. The Morgan fingerprint density at radius 2 is 2.50 bits per heavy atom. The Morgan fingerprint density at radius 1 is 2.00 bits per heavy atom. The summed E-state index contributed by atoms with van der Waals surface area (Å²) in [5, 5.41) is 6.73. The van der Waals surface area contributed by atoms with Gasteiger partial charge < -0.3 is 5.41 Å². The molecule has 6 heavy (non-hydrogen) atoms. The van der Waals surface area contributed by atoms with Crippen LogP contribution < -0.4 is 0 Å². The first-order valence-electron chi connectivity index (χ1n) is 1.56. The van der Waals surface area contributed by atoms with Gasteiger partial charge in [0.2, 0.25) is 0 Å². The zero-order chi connectivity index (χ0) is 4.99. The van der Waals surface area contributed by atoms with Gasteiger partial charge in [0.1, 0.15) is 0 Å². The lowest BCUT2D eigenvalue weighted by Gasteiger charge is -1.73. The van der Waals surface area contributed by atoms with Gasteiger partial charge in [0.15, 0.2) is 0 Å². The average molecular weight is 102 g/mol. The monoisotopic (exact) mass is 102 g/mol. The zero-order valence-electron chi connectivity index (χ0n) is 3.60. The van der Waals surface area contributed by atoms with E-state index < -0.39 is 0 Å². The van der Waals surface area contributed by atoms with Crippen LogP contribution in [0.25, 0.3) is 0 Å². The van der Waals surface area contributed by atoms with E-state index in [0.29, 0.717) is 5.71 Å². The molecule has 0 bridgehead atoms. The molecule has 0 aliphatic carbocycles. The first-order valence-corrected chi connectivity index (χ1v) is 2.07. The highest BCUT2D eigenvalue weighted by Crippen LogP contribution is 1.75. The van der Waals surface area contributed by atoms with Gasteiger partial charge in [-0.1, -0.05) is 0 Å². The van der Waals surface area contributed by atoms with Crippen LogP contribution in [0.4, 0.5) is 0 Å². The maximum Gasteiger partial charge on any atom is 0.0464 e. The molecule has 0 aromatic rings. The van der Waals surface area contributed by atoms with Gasteiger partial charge in [-0.3, -0.25) is 4.76 Å². The van der Waals surface area contributed by atoms with E-state index in [1.807, 2.05) is 0 Å². The van der Waals surface area contributed by atoms with E-state index in [-0.39, 0.29) is 0 Å². The minimum atomic E-state index is 0.477. The van der Waals surface area contributed by atoms with Crippen LogP contribution in [-0.4, -0.2) is 11.9 Å². The van der Waals surface area contributed by atoms with Crippen molar-refractivity contribution in [3.05, 3.63) is 0 Å². The van der Waals surface area contributed by atoms with Crippen LogP contribution in [-0.2, 0) is 0 Å². The van der Waals surface area contributed by atoms with Gasteiger partial charge in [-0.15, -0.1) is 0 Å². The first-order chi connectivity index (χ1) is 2.77. The number of hydrogen-bond acceptors (Lipinski definition) is 2. The molecule has 0 aromatic heterocycles. The third-order valence-corrected chi connectivity index (χ3v) is 0.417. The van der Waals surface area contributed by atoms with E-state index in [4.69, 9.17) is 5.41 Å². The molecule has 2 nitrogen and oxygen atoms in total. The predicted molar refractivity (Wildman–Crippen MR) is 31.6 cm³/mol. The molecule has 1 atom stereocenters. The van der Waals surface area contributed by atoms with Crippen LogP contribution >= 0.6 is 9.39 Å². The number of hydrogen-bond donors (Lipinski definition) is 1. The third kappa shape index (κ3) is 3.77. The van der Waals surface area contributed by atoms with Gasteiger partial charge >= 0.3 is 0 Å². The fourth-order valence-corrected chi connectivity index (χ4v) is 0.335. The van der Waals surface area contributed by atoms with Gasteiger partial charge in [-0.05, 0) is 16.3 Å². The quantitative estimate of drug-likeness (QED) is 0.377. The fourth-order valence-electron chi connectivity index (χ4n) is 0.112. The summed E-state index contributed by atoms with van der Waals surface area (Å²) in [4.78, 5) is 0. The van der Waals surface area contributed by atoms with Gasteiger partial charge in [0.25, 0.3) is 0 Å². The second-order valence-electron chi connectivity index (χ2n) is 0.961. The van der Waals surface area contributed by atoms with Crippen LogP contribution in [0, 0.1) is 5.41 Å². The van der Waals surface area contributed by atoms with E-state index in [1.54, 1.807) is 6.92 Å². The molecule has 0 heterocycles. The van der Waals surface area contributed by atoms with Crippen LogP contribution in [0.2, 0.25) is 0 Å². The molecule has 0 spiro atoms. The highest BCUT2D eigenvalue weighted by Gasteiger charge is 1.68. The summed E-state index contributed by atoms with van der Waals surface area (Å²) in [7, 11) is 2.15. The number of nitrogens with one attached hydrogen (secondary N) is 1. The van der Waals surface area contributed by atoms with Crippen LogP contribution in [0.3, 0.4) is 0 Å². The maximum absolute atomic E-state index is 6.73. The highest BCUT2D eigenvalue weighted by atomic mass is 31.0. The van der Waals surface area contributed by atoms with Crippen molar-refractivity contribution in [2.24, 2.45) is 4.76 Å². The lowest BCUT2D eigenvalue weighted by Crippen LogP contribution is -1.84. The summed E-state index contributed by atoms with van der Waals surface area (Å²) in [6, 6.07) is 0. The molecule has 0 radical (unpaired) electrons. The fraction of sp³-hybridized carbons (Fsp3) is 0.333. The summed E-state index contributed by atoms with van der Waals surface area (Å²) in [5.41, 5.74) is 0.477. The maximum atomic E-state index is 6.73. The molecule has 3 heteroatoms. The Labute approximate surface area is 39.4 Å². The number of rotatable bonds is 1. The minimum Gasteiger partial charge on any atom is -0.304 e. The second-order valence-corrected chi connectivity index (χ2v) is 1.26. The van der Waals surface area contributed by atoms with E-state index in [0.717, 1.165) is 0 Å². The largest absolute Gasteiger partial charge is 0.304 e. The van der Waals surface area contributed by atoms with Gasteiger partial charge in [-0.2, -0.15) is 0 Å². The smallest absolute Gasteiger partial charge is 0.0464 e. The average Bonchev–Trinajstić information content (AvgIpc) is 1.35. The van der Waals surface area contributed by atoms with Crippen molar-refractivity contribution in [3.63, 3.8) is 0 Å². The summed E-state index contributed by atoms with van der Waals surface area (Å²) in [6.07, 6.45) is 1.46. The minimum absolute atomic E-state index is 0.477. The van der Waals surface area contributed by atoms with E-state index in [2.05, 4.69) is 14.2 Å². The van der Waals surface area contributed by atoms with Gasteiger partial charge in [0, 0.05) is 11.9 Å². The molecular weight excluding hydrogens is 95.0 g/mol. The van der Waals surface area contributed by atoms with Crippen molar-refractivity contribution in [1.82, 2.24) is 0 Å². The SMILES string of the molecule is CC(=N)/C=N/P. The normalized spacial score (nSPS) is 9.67. The molecule has 0 aliphatic rings. The van der Waals surface area contributed by atoms with Crippen LogP contribution in [0.1, 0.15) is 6.92 Å². The molecule has 0 rings (SSSR count). The first kappa shape index (κ1) is 5.77. The molecule has 0 amide bonds. The molecule has 34 valence electrons. The summed E-state index contributed by atoms with van der Waals surface area (Å²) >= 11 is 0. The predicted octanol–water partition coefficient (Wildman–Crippen LogP) is 0.887. The van der Waals surface area contributed by atoms with E-state index in [1.165, 1.54) is 6.21 Å². The highest BCUT2D eigenvalue weighted by molar-refractivity contribution is 7.15. The molecule has 0 saturated heterocycles. The standard InChI is InChI=1S/C3H7N2P/c1-3(4)2-5-6/h2,4H,6H2,1H3/b4-3?,5-2+. The molecule has 1 unspecified atom stereocenters. The zero-order valence-corrected chi connectivity index (χ0v) is 4.76. The lowest BCUT2D eigenvalue weighted by molar-refractivity contribution is 1.52. The second kappa shape index (κ2) is 2.98. The molecule has 0 fully saturated rings. The molecule has 1 N–H and O–H groups in total. The Hall–Kier alpha value is -0.230. The van der Waals surface area contributed by atoms with Crippen molar-refractivity contribution < 1.29 is 0 Å². The topological polar surface area (TPSA) is 36.2 Å². The van der Waals surface area contributed by atoms with Crippen molar-refractivity contribution >= 4 is 21.3 Å². The molecule has 0 aromatic carbocycles. The number of nitrogens with zero attached hydrogens (tertiary/aromatic N) is 1. The van der Waals surface area contributed by atoms with Crippen molar-refractivity contribution in [3.8, 4) is 0 Å².